The number of allylic oxidation sites excluding steroid dienone is 1. The molecular formula is C9H15NO2. The average Bonchev–Trinajstić information content (AvgIpc) is 2.32. The van der Waals surface area contributed by atoms with Gasteiger partial charge in [-0.05, 0) is 26.8 Å². The zero-order valence-electron chi connectivity index (χ0n) is 7.78. The first-order valence-corrected chi connectivity index (χ1v) is 4.25. The van der Waals surface area contributed by atoms with Crippen LogP contribution in [-0.2, 0) is 4.74 Å². The Morgan fingerprint density at radius 3 is 2.75 bits per heavy atom. The van der Waals surface area contributed by atoms with Crippen molar-refractivity contribution in [3.8, 4) is 0 Å². The average molecular weight is 169 g/mol. The van der Waals surface area contributed by atoms with Gasteiger partial charge in [0.1, 0.15) is 6.10 Å². The Labute approximate surface area is 73.0 Å². The van der Waals surface area contributed by atoms with Gasteiger partial charge in [-0.1, -0.05) is 6.08 Å². The highest BCUT2D eigenvalue weighted by Crippen LogP contribution is 2.14. The molecule has 0 aromatic carbocycles. The van der Waals surface area contributed by atoms with E-state index in [-0.39, 0.29) is 18.2 Å². The summed E-state index contributed by atoms with van der Waals surface area (Å²) in [5, 5.41) is 0. The molecule has 0 bridgehead atoms. The number of carbonyl (C=O) groups is 1. The second kappa shape index (κ2) is 3.61. The van der Waals surface area contributed by atoms with Gasteiger partial charge >= 0.3 is 6.09 Å². The van der Waals surface area contributed by atoms with E-state index in [2.05, 4.69) is 0 Å². The van der Waals surface area contributed by atoms with Crippen molar-refractivity contribution >= 4 is 6.09 Å². The molecular weight excluding hydrogens is 154 g/mol. The van der Waals surface area contributed by atoms with Crippen molar-refractivity contribution in [3.63, 3.8) is 0 Å². The first kappa shape index (κ1) is 9.10. The van der Waals surface area contributed by atoms with Crippen molar-refractivity contribution in [2.75, 3.05) is 6.54 Å². The molecule has 1 aliphatic rings. The molecule has 0 aliphatic carbocycles. The van der Waals surface area contributed by atoms with E-state index in [1.165, 1.54) is 0 Å². The highest BCUT2D eigenvalue weighted by Gasteiger charge is 2.30. The summed E-state index contributed by atoms with van der Waals surface area (Å²) in [6.45, 7) is 6.57. The predicted octanol–water partition coefficient (Wildman–Crippen LogP) is 1.79. The van der Waals surface area contributed by atoms with Gasteiger partial charge in [0.25, 0.3) is 0 Å². The van der Waals surface area contributed by atoms with Gasteiger partial charge in [0.2, 0.25) is 0 Å². The van der Waals surface area contributed by atoms with E-state index in [0.29, 0.717) is 6.54 Å². The maximum Gasteiger partial charge on any atom is 0.410 e. The van der Waals surface area contributed by atoms with Crippen LogP contribution in [0.5, 0.6) is 0 Å². The molecule has 0 aromatic rings. The van der Waals surface area contributed by atoms with Crippen molar-refractivity contribution < 1.29 is 9.53 Å². The van der Waals surface area contributed by atoms with E-state index in [0.717, 1.165) is 0 Å². The van der Waals surface area contributed by atoms with E-state index in [1.54, 1.807) is 4.90 Å². The van der Waals surface area contributed by atoms with Gasteiger partial charge in [-0.15, -0.1) is 0 Å². The Hall–Kier alpha value is -0.990. The first-order valence-electron chi connectivity index (χ1n) is 4.25. The van der Waals surface area contributed by atoms with Crippen molar-refractivity contribution in [1.29, 1.82) is 0 Å². The standard InChI is InChI=1S/C9H15NO2/c1-4-5-8-6-10(7(2)3)9(11)12-8/h4-5,7-8H,6H2,1-3H3/t8-/m1/s1. The van der Waals surface area contributed by atoms with Crippen molar-refractivity contribution in [2.24, 2.45) is 0 Å². The van der Waals surface area contributed by atoms with Crippen LogP contribution in [0.15, 0.2) is 12.2 Å². The number of amides is 1. The Balaban J connectivity index is 2.56. The predicted molar refractivity (Wildman–Crippen MR) is 46.9 cm³/mol. The molecule has 3 nitrogen and oxygen atoms in total. The smallest absolute Gasteiger partial charge is 0.410 e. The lowest BCUT2D eigenvalue weighted by Crippen LogP contribution is -2.31. The number of ether oxygens (including phenoxy) is 1. The molecule has 12 heavy (non-hydrogen) atoms. The van der Waals surface area contributed by atoms with Crippen LogP contribution < -0.4 is 0 Å². The van der Waals surface area contributed by atoms with E-state index in [1.807, 2.05) is 32.9 Å². The maximum absolute atomic E-state index is 11.2. The normalized spacial score (nSPS) is 24.2. The summed E-state index contributed by atoms with van der Waals surface area (Å²) in [5.74, 6) is 0. The number of cyclic esters (lactones) is 1. The molecule has 1 rings (SSSR count). The zero-order valence-corrected chi connectivity index (χ0v) is 7.78. The molecule has 1 aliphatic heterocycles. The topological polar surface area (TPSA) is 29.5 Å². The van der Waals surface area contributed by atoms with Crippen LogP contribution in [0.4, 0.5) is 4.79 Å². The Morgan fingerprint density at radius 1 is 1.67 bits per heavy atom. The third kappa shape index (κ3) is 1.78. The SMILES string of the molecule is CC=C[C@@H]1CN(C(C)C)C(=O)O1. The molecule has 0 unspecified atom stereocenters. The molecule has 0 spiro atoms. The fourth-order valence-electron chi connectivity index (χ4n) is 1.24. The third-order valence-electron chi connectivity index (χ3n) is 1.89. The highest BCUT2D eigenvalue weighted by atomic mass is 16.6. The van der Waals surface area contributed by atoms with Gasteiger partial charge in [0.15, 0.2) is 0 Å². The fraction of sp³-hybridized carbons (Fsp3) is 0.667. The fourth-order valence-corrected chi connectivity index (χ4v) is 1.24. The quantitative estimate of drug-likeness (QED) is 0.590. The molecule has 1 heterocycles. The number of carbonyl (C=O) groups excluding carboxylic acids is 1. The van der Waals surface area contributed by atoms with Crippen LogP contribution in [0.25, 0.3) is 0 Å². The van der Waals surface area contributed by atoms with E-state index < -0.39 is 0 Å². The molecule has 68 valence electrons. The number of hydrogen-bond donors (Lipinski definition) is 0. The summed E-state index contributed by atoms with van der Waals surface area (Å²) in [6.07, 6.45) is 3.56. The van der Waals surface area contributed by atoms with Crippen LogP contribution in [0.3, 0.4) is 0 Å². The lowest BCUT2D eigenvalue weighted by molar-refractivity contribution is 0.141. The molecule has 0 saturated carbocycles. The Morgan fingerprint density at radius 2 is 2.33 bits per heavy atom. The largest absolute Gasteiger partial charge is 0.440 e. The number of nitrogens with zero attached hydrogens (tertiary/aromatic N) is 1. The first-order chi connectivity index (χ1) is 5.65. The van der Waals surface area contributed by atoms with Crippen LogP contribution in [0, 0.1) is 0 Å². The maximum atomic E-state index is 11.2. The van der Waals surface area contributed by atoms with E-state index in [4.69, 9.17) is 4.74 Å². The summed E-state index contributed by atoms with van der Waals surface area (Å²) >= 11 is 0. The monoisotopic (exact) mass is 169 g/mol. The minimum atomic E-state index is -0.201. The molecule has 0 radical (unpaired) electrons. The highest BCUT2D eigenvalue weighted by molar-refractivity contribution is 5.70. The Bertz CT molecular complexity index is 199. The number of rotatable bonds is 2. The van der Waals surface area contributed by atoms with Crippen molar-refractivity contribution in [1.82, 2.24) is 4.90 Å². The summed E-state index contributed by atoms with van der Waals surface area (Å²) in [4.78, 5) is 12.9. The zero-order chi connectivity index (χ0) is 9.14. The lowest BCUT2D eigenvalue weighted by atomic mass is 10.3. The van der Waals surface area contributed by atoms with Crippen LogP contribution in [0.2, 0.25) is 0 Å². The summed E-state index contributed by atoms with van der Waals surface area (Å²) in [5.41, 5.74) is 0. The third-order valence-corrected chi connectivity index (χ3v) is 1.89. The van der Waals surface area contributed by atoms with Crippen molar-refractivity contribution in [2.45, 2.75) is 32.9 Å². The van der Waals surface area contributed by atoms with Gasteiger partial charge in [0, 0.05) is 6.04 Å². The van der Waals surface area contributed by atoms with Crippen LogP contribution in [-0.4, -0.2) is 29.7 Å². The van der Waals surface area contributed by atoms with Gasteiger partial charge < -0.3 is 9.64 Å². The molecule has 3 heteroatoms. The minimum Gasteiger partial charge on any atom is -0.440 e. The van der Waals surface area contributed by atoms with Gasteiger partial charge in [-0.2, -0.15) is 0 Å². The van der Waals surface area contributed by atoms with E-state index >= 15 is 0 Å². The molecule has 0 aromatic heterocycles. The minimum absolute atomic E-state index is 0.0510. The van der Waals surface area contributed by atoms with Gasteiger partial charge in [-0.25, -0.2) is 4.79 Å². The molecule has 1 atom stereocenters. The van der Waals surface area contributed by atoms with Gasteiger partial charge in [-0.3, -0.25) is 0 Å². The second-order valence-electron chi connectivity index (χ2n) is 3.19. The molecule has 0 N–H and O–H groups in total. The summed E-state index contributed by atoms with van der Waals surface area (Å²) in [6, 6.07) is 0.229. The Kier molecular flexibility index (Phi) is 2.74. The summed E-state index contributed by atoms with van der Waals surface area (Å²) < 4.78 is 5.08. The molecule has 1 saturated heterocycles. The second-order valence-corrected chi connectivity index (χ2v) is 3.19. The number of hydrogen-bond acceptors (Lipinski definition) is 2. The van der Waals surface area contributed by atoms with Crippen molar-refractivity contribution in [3.05, 3.63) is 12.2 Å². The van der Waals surface area contributed by atoms with Crippen LogP contribution in [0.1, 0.15) is 20.8 Å². The van der Waals surface area contributed by atoms with E-state index in [9.17, 15) is 4.79 Å². The molecule has 1 fully saturated rings. The summed E-state index contributed by atoms with van der Waals surface area (Å²) in [7, 11) is 0. The van der Waals surface area contributed by atoms with Gasteiger partial charge in [0.05, 0.1) is 6.54 Å². The molecule has 1 amide bonds. The van der Waals surface area contributed by atoms with Crippen LogP contribution >= 0.6 is 0 Å². The lowest BCUT2D eigenvalue weighted by Gasteiger charge is -2.16.